The van der Waals surface area contributed by atoms with Crippen molar-refractivity contribution in [2.24, 2.45) is 4.99 Å². The Hall–Kier alpha value is -1.75. The van der Waals surface area contributed by atoms with Gasteiger partial charge in [0.05, 0.1) is 13.2 Å². The predicted molar refractivity (Wildman–Crippen MR) is 105 cm³/mol. The molecule has 1 aliphatic rings. The van der Waals surface area contributed by atoms with Gasteiger partial charge in [0.2, 0.25) is 0 Å². The Kier molecular flexibility index (Phi) is 9.19. The Balaban J connectivity index is 1.75. The van der Waals surface area contributed by atoms with Gasteiger partial charge in [-0.1, -0.05) is 18.2 Å². The maximum atomic E-state index is 5.68. The monoisotopic (exact) mass is 346 g/mol. The van der Waals surface area contributed by atoms with Crippen LogP contribution in [0.25, 0.3) is 0 Å². The van der Waals surface area contributed by atoms with E-state index in [1.54, 1.807) is 0 Å². The molecule has 0 aromatic heterocycles. The molecule has 0 amide bonds. The van der Waals surface area contributed by atoms with Gasteiger partial charge in [-0.3, -0.25) is 0 Å². The summed E-state index contributed by atoms with van der Waals surface area (Å²) in [7, 11) is 0. The van der Waals surface area contributed by atoms with Crippen LogP contribution >= 0.6 is 0 Å². The zero-order valence-electron chi connectivity index (χ0n) is 15.9. The molecular weight excluding hydrogens is 312 g/mol. The van der Waals surface area contributed by atoms with Crippen molar-refractivity contribution in [1.29, 1.82) is 0 Å². The van der Waals surface area contributed by atoms with Gasteiger partial charge >= 0.3 is 0 Å². The number of hydrogen-bond donors (Lipinski definition) is 2. The molecule has 1 fully saturated rings. The minimum absolute atomic E-state index is 0.624. The first kappa shape index (κ1) is 19.6. The first-order valence-electron chi connectivity index (χ1n) is 9.78. The van der Waals surface area contributed by atoms with Crippen molar-refractivity contribution in [2.75, 3.05) is 39.3 Å². The van der Waals surface area contributed by atoms with E-state index < -0.39 is 0 Å². The second-order valence-corrected chi connectivity index (χ2v) is 6.42. The maximum Gasteiger partial charge on any atom is 0.191 e. The van der Waals surface area contributed by atoms with E-state index in [1.807, 2.05) is 25.1 Å². The molecule has 1 saturated heterocycles. The van der Waals surface area contributed by atoms with E-state index in [-0.39, 0.29) is 0 Å². The summed E-state index contributed by atoms with van der Waals surface area (Å²) in [5.74, 6) is 1.81. The molecule has 1 aromatic rings. The Morgan fingerprint density at radius 2 is 1.92 bits per heavy atom. The molecule has 0 spiro atoms. The molecule has 0 unspecified atom stereocenters. The van der Waals surface area contributed by atoms with Crippen LogP contribution in [-0.2, 0) is 6.54 Å². The van der Waals surface area contributed by atoms with Crippen LogP contribution in [0.5, 0.6) is 5.75 Å². The van der Waals surface area contributed by atoms with Crippen molar-refractivity contribution in [3.05, 3.63) is 29.8 Å². The molecule has 5 heteroatoms. The molecule has 0 atom stereocenters. The van der Waals surface area contributed by atoms with Gasteiger partial charge in [-0.05, 0) is 65.2 Å². The van der Waals surface area contributed by atoms with Gasteiger partial charge in [0.15, 0.2) is 5.96 Å². The highest BCUT2D eigenvalue weighted by Gasteiger charge is 2.10. The summed E-state index contributed by atoms with van der Waals surface area (Å²) in [6.07, 6.45) is 5.17. The molecule has 0 saturated carbocycles. The fourth-order valence-corrected chi connectivity index (χ4v) is 3.11. The summed E-state index contributed by atoms with van der Waals surface area (Å²) < 4.78 is 5.68. The Bertz CT molecular complexity index is 512. The van der Waals surface area contributed by atoms with E-state index in [4.69, 9.17) is 9.73 Å². The van der Waals surface area contributed by atoms with Crippen molar-refractivity contribution in [1.82, 2.24) is 15.5 Å². The average Bonchev–Trinajstić information content (AvgIpc) is 3.14. The standard InChI is InChI=1S/C20H34N4O/c1-3-21-20(22-13-7-8-14-24-15-9-10-16-24)23-17-18-11-5-6-12-19(18)25-4-2/h5-6,11-12H,3-4,7-10,13-17H2,1-2H3,(H2,21,22,23). The topological polar surface area (TPSA) is 48.9 Å². The van der Waals surface area contributed by atoms with Crippen molar-refractivity contribution in [3.8, 4) is 5.75 Å². The number of ether oxygens (including phenoxy) is 1. The van der Waals surface area contributed by atoms with E-state index in [0.717, 1.165) is 30.4 Å². The normalized spacial score (nSPS) is 15.4. The number of likely N-dealkylation sites (tertiary alicyclic amines) is 1. The molecule has 2 N–H and O–H groups in total. The molecular formula is C20H34N4O. The van der Waals surface area contributed by atoms with Crippen molar-refractivity contribution < 1.29 is 4.74 Å². The number of rotatable bonds is 10. The Labute approximate surface area is 152 Å². The van der Waals surface area contributed by atoms with E-state index in [0.29, 0.717) is 13.2 Å². The fourth-order valence-electron chi connectivity index (χ4n) is 3.11. The van der Waals surface area contributed by atoms with E-state index in [9.17, 15) is 0 Å². The minimum Gasteiger partial charge on any atom is -0.494 e. The van der Waals surface area contributed by atoms with Crippen LogP contribution in [0.4, 0.5) is 0 Å². The number of aliphatic imine (C=N–C) groups is 1. The van der Waals surface area contributed by atoms with Crippen LogP contribution in [0, 0.1) is 0 Å². The van der Waals surface area contributed by atoms with E-state index in [2.05, 4.69) is 28.5 Å². The first-order valence-corrected chi connectivity index (χ1v) is 9.78. The summed E-state index contributed by atoms with van der Waals surface area (Å²) in [6, 6.07) is 8.12. The largest absolute Gasteiger partial charge is 0.494 e. The van der Waals surface area contributed by atoms with Crippen LogP contribution in [0.2, 0.25) is 0 Å². The van der Waals surface area contributed by atoms with Crippen LogP contribution in [-0.4, -0.2) is 50.2 Å². The van der Waals surface area contributed by atoms with Gasteiger partial charge in [0.25, 0.3) is 0 Å². The third-order valence-electron chi connectivity index (χ3n) is 4.42. The number of unbranched alkanes of at least 4 members (excludes halogenated alkanes) is 1. The van der Waals surface area contributed by atoms with Gasteiger partial charge in [-0.15, -0.1) is 0 Å². The molecule has 1 heterocycles. The number of para-hydroxylation sites is 1. The second kappa shape index (κ2) is 11.7. The van der Waals surface area contributed by atoms with Crippen LogP contribution in [0.15, 0.2) is 29.3 Å². The third-order valence-corrected chi connectivity index (χ3v) is 4.42. The smallest absolute Gasteiger partial charge is 0.191 e. The van der Waals surface area contributed by atoms with Crippen molar-refractivity contribution >= 4 is 5.96 Å². The summed E-state index contributed by atoms with van der Waals surface area (Å²) >= 11 is 0. The number of benzene rings is 1. The van der Waals surface area contributed by atoms with Crippen molar-refractivity contribution in [3.63, 3.8) is 0 Å². The molecule has 1 aromatic carbocycles. The minimum atomic E-state index is 0.624. The van der Waals surface area contributed by atoms with Crippen LogP contribution in [0.3, 0.4) is 0 Å². The van der Waals surface area contributed by atoms with Gasteiger partial charge in [0.1, 0.15) is 5.75 Å². The lowest BCUT2D eigenvalue weighted by atomic mass is 10.2. The quantitative estimate of drug-likeness (QED) is 0.388. The lowest BCUT2D eigenvalue weighted by molar-refractivity contribution is 0.330. The summed E-state index contributed by atoms with van der Waals surface area (Å²) in [5, 5.41) is 6.77. The molecule has 2 rings (SSSR count). The van der Waals surface area contributed by atoms with Crippen LogP contribution < -0.4 is 15.4 Å². The highest BCUT2D eigenvalue weighted by molar-refractivity contribution is 5.79. The van der Waals surface area contributed by atoms with Gasteiger partial charge in [-0.25, -0.2) is 4.99 Å². The maximum absolute atomic E-state index is 5.68. The third kappa shape index (κ3) is 7.34. The fraction of sp³-hybridized carbons (Fsp3) is 0.650. The average molecular weight is 347 g/mol. The Morgan fingerprint density at radius 1 is 1.12 bits per heavy atom. The number of hydrogen-bond acceptors (Lipinski definition) is 3. The number of nitrogens with one attached hydrogen (secondary N) is 2. The zero-order chi connectivity index (χ0) is 17.7. The highest BCUT2D eigenvalue weighted by atomic mass is 16.5. The number of guanidine groups is 1. The van der Waals surface area contributed by atoms with Crippen LogP contribution in [0.1, 0.15) is 45.1 Å². The SMILES string of the molecule is CCNC(=NCc1ccccc1OCC)NCCCCN1CCCC1. The number of nitrogens with zero attached hydrogens (tertiary/aromatic N) is 2. The predicted octanol–water partition coefficient (Wildman–Crippen LogP) is 3.02. The summed E-state index contributed by atoms with van der Waals surface area (Å²) in [4.78, 5) is 7.28. The lowest BCUT2D eigenvalue weighted by Gasteiger charge is -2.15. The van der Waals surface area contributed by atoms with Gasteiger partial charge in [0, 0.05) is 18.7 Å². The van der Waals surface area contributed by atoms with E-state index >= 15 is 0 Å². The molecule has 1 aliphatic heterocycles. The van der Waals surface area contributed by atoms with Gasteiger partial charge in [-0.2, -0.15) is 0 Å². The van der Waals surface area contributed by atoms with E-state index in [1.165, 1.54) is 45.3 Å². The van der Waals surface area contributed by atoms with Gasteiger partial charge < -0.3 is 20.3 Å². The second-order valence-electron chi connectivity index (χ2n) is 6.42. The Morgan fingerprint density at radius 3 is 2.68 bits per heavy atom. The zero-order valence-corrected chi connectivity index (χ0v) is 15.9. The summed E-state index contributed by atoms with van der Waals surface area (Å²) in [6.45, 7) is 11.0. The first-order chi connectivity index (χ1) is 12.3. The summed E-state index contributed by atoms with van der Waals surface area (Å²) in [5.41, 5.74) is 1.12. The lowest BCUT2D eigenvalue weighted by Crippen LogP contribution is -2.38. The van der Waals surface area contributed by atoms with Crippen molar-refractivity contribution in [2.45, 2.75) is 46.1 Å². The highest BCUT2D eigenvalue weighted by Crippen LogP contribution is 2.18. The molecule has 0 radical (unpaired) electrons. The molecule has 0 aliphatic carbocycles. The molecule has 140 valence electrons. The molecule has 5 nitrogen and oxygen atoms in total. The molecule has 25 heavy (non-hydrogen) atoms. The molecule has 0 bridgehead atoms.